The van der Waals surface area contributed by atoms with E-state index in [1.807, 2.05) is 0 Å². The van der Waals surface area contributed by atoms with E-state index >= 15 is 0 Å². The Morgan fingerprint density at radius 2 is 0.879 bits per heavy atom. The zero-order valence-electron chi connectivity index (χ0n) is 59.2. The number of carboxylic acid groups (broad SMARTS) is 1. The summed E-state index contributed by atoms with van der Waals surface area (Å²) in [5, 5.41) is 28.6. The van der Waals surface area contributed by atoms with E-state index in [0.29, 0.717) is 50.5 Å². The van der Waals surface area contributed by atoms with Gasteiger partial charge >= 0.3 is 37.8 Å². The van der Waals surface area contributed by atoms with Gasteiger partial charge in [0.15, 0.2) is 0 Å². The number of carbonyl (C=O) groups excluding carboxylic acids is 2. The molecule has 6 heterocycles. The number of pyridine rings is 4. The smallest absolute Gasteiger partial charge is 0.480 e. The molecule has 0 saturated carbocycles. The van der Waals surface area contributed by atoms with Crippen LogP contribution < -0.4 is 62.7 Å². The van der Waals surface area contributed by atoms with Gasteiger partial charge in [-0.3, -0.25) is 33.6 Å². The number of oxazole rings is 1. The number of hydrogen-bond acceptors (Lipinski definition) is 21. The van der Waals surface area contributed by atoms with Crippen molar-refractivity contribution in [3.05, 3.63) is 281 Å². The molecular formula is C70H61Cl3F15N9O18S. The lowest BCUT2D eigenvalue weighted by atomic mass is 10.1. The molecule has 10 aromatic rings. The number of rotatable bonds is 18. The summed E-state index contributed by atoms with van der Waals surface area (Å²) in [5.41, 5.74) is 14.1. The van der Waals surface area contributed by atoms with E-state index in [9.17, 15) is 105 Å². The summed E-state index contributed by atoms with van der Waals surface area (Å²) in [6.07, 6.45) is -16.9. The Labute approximate surface area is 660 Å². The van der Waals surface area contributed by atoms with E-state index in [2.05, 4.69) is 80.3 Å². The molecular weight excluding hydrogens is 1680 g/mol. The molecule has 1 amide bonds. The number of carbonyl (C=O) groups is 3. The highest BCUT2D eigenvalue weighted by Crippen LogP contribution is 2.32. The number of halogens is 18. The summed E-state index contributed by atoms with van der Waals surface area (Å²) in [5.74, 6) is -2.89. The number of aromatic nitrogens is 5. The van der Waals surface area contributed by atoms with Gasteiger partial charge in [-0.1, -0.05) is 56.0 Å². The first-order chi connectivity index (χ1) is 54.7. The number of alkyl halides is 15. The predicted molar refractivity (Wildman–Crippen MR) is 388 cm³/mol. The molecule has 0 radical (unpaired) electrons. The number of aliphatic carboxylic acids is 1. The number of hydrogen-bond donors (Lipinski definition) is 10. The third kappa shape index (κ3) is 36.4. The van der Waals surface area contributed by atoms with Gasteiger partial charge in [-0.2, -0.15) is 0 Å². The second-order valence-electron chi connectivity index (χ2n) is 21.9. The summed E-state index contributed by atoms with van der Waals surface area (Å²) in [6.45, 7) is -0.456. The minimum Gasteiger partial charge on any atom is -0.480 e. The molecule has 0 fully saturated rings. The molecule has 5 aromatic heterocycles. The Morgan fingerprint density at radius 3 is 1.23 bits per heavy atom. The van der Waals surface area contributed by atoms with Crippen LogP contribution in [0.25, 0.3) is 22.7 Å². The summed E-state index contributed by atoms with van der Waals surface area (Å²) < 4.78 is 228. The van der Waals surface area contributed by atoms with Crippen molar-refractivity contribution < 1.29 is 136 Å². The van der Waals surface area contributed by atoms with Crippen molar-refractivity contribution in [3.8, 4) is 51.5 Å². The first kappa shape index (κ1) is 94.6. The number of nitrogens with zero attached hydrogens (tertiary/aromatic N) is 2. The van der Waals surface area contributed by atoms with Crippen molar-refractivity contribution in [3.63, 3.8) is 0 Å². The van der Waals surface area contributed by atoms with Crippen LogP contribution in [0, 0.1) is 0 Å². The number of aromatic amines is 4. The van der Waals surface area contributed by atoms with E-state index in [4.69, 9.17) is 49.6 Å². The molecule has 0 bridgehead atoms. The monoisotopic (exact) mass is 1740 g/mol. The fraction of sp³-hybridized carbons (Fsp3) is 0.186. The number of aliphatic hydroxyl groups excluding tert-OH is 2. The molecule has 626 valence electrons. The fourth-order valence-electron chi connectivity index (χ4n) is 8.55. The van der Waals surface area contributed by atoms with Crippen LogP contribution in [-0.4, -0.2) is 119 Å². The highest BCUT2D eigenvalue weighted by Gasteiger charge is 2.35. The maximum atomic E-state index is 12.1. The molecule has 1 aliphatic rings. The Hall–Kier alpha value is -12.0. The van der Waals surface area contributed by atoms with Crippen LogP contribution in [0.1, 0.15) is 83.1 Å². The van der Waals surface area contributed by atoms with Crippen molar-refractivity contribution in [1.82, 2.24) is 30.2 Å². The Morgan fingerprint density at radius 1 is 0.526 bits per heavy atom. The molecule has 116 heavy (non-hydrogen) atoms. The van der Waals surface area contributed by atoms with Crippen molar-refractivity contribution >= 4 is 65.2 Å². The zero-order valence-corrected chi connectivity index (χ0v) is 60.3. The first-order valence-corrected chi connectivity index (χ1v) is 34.3. The largest absolute Gasteiger partial charge is 0.573 e. The average Bonchev–Trinajstić information content (AvgIpc) is 1.69. The van der Waals surface area contributed by atoms with Gasteiger partial charge in [-0.15, -0.1) is 65.9 Å². The van der Waals surface area contributed by atoms with Crippen molar-refractivity contribution in [2.45, 2.75) is 63.4 Å². The molecule has 4 atom stereocenters. The lowest BCUT2D eigenvalue weighted by molar-refractivity contribution is -0.275. The van der Waals surface area contributed by atoms with Crippen LogP contribution in [0.5, 0.6) is 28.7 Å². The van der Waals surface area contributed by atoms with E-state index in [1.165, 1.54) is 152 Å². The van der Waals surface area contributed by atoms with Gasteiger partial charge in [-0.25, -0.2) is 14.2 Å². The molecule has 12 N–H and O–H groups in total. The first-order valence-electron chi connectivity index (χ1n) is 32.2. The Bertz CT molecular complexity index is 5010. The molecule has 46 heteroatoms. The number of ether oxygens (including phenoxy) is 6. The summed E-state index contributed by atoms with van der Waals surface area (Å²) in [7, 11) is 7.36. The lowest BCUT2D eigenvalue weighted by Crippen LogP contribution is -2.31. The third-order valence-corrected chi connectivity index (χ3v) is 13.9. The van der Waals surface area contributed by atoms with Crippen molar-refractivity contribution in [2.75, 3.05) is 19.8 Å². The van der Waals surface area contributed by atoms with Crippen molar-refractivity contribution in [1.29, 1.82) is 0 Å². The maximum absolute atomic E-state index is 12.1. The predicted octanol–water partition coefficient (Wildman–Crippen LogP) is 14.0. The van der Waals surface area contributed by atoms with Crippen LogP contribution in [-0.2, 0) is 18.8 Å². The zero-order chi connectivity index (χ0) is 87.6. The van der Waals surface area contributed by atoms with Crippen LogP contribution in [0.4, 0.5) is 65.9 Å². The molecule has 0 saturated heterocycles. The molecule has 5 aromatic carbocycles. The summed E-state index contributed by atoms with van der Waals surface area (Å²) >= 11 is 5.09. The average molecular weight is 1740 g/mol. The fourth-order valence-corrected chi connectivity index (χ4v) is 8.67. The van der Waals surface area contributed by atoms with Gasteiger partial charge in [-0.05, 0) is 131 Å². The lowest BCUT2D eigenvalue weighted by Gasteiger charge is -2.17. The Balaban J connectivity index is 0.000000367. The van der Waals surface area contributed by atoms with Gasteiger partial charge in [0.1, 0.15) is 59.4 Å². The summed E-state index contributed by atoms with van der Waals surface area (Å²) in [4.78, 5) is 94.6. The summed E-state index contributed by atoms with van der Waals surface area (Å²) in [6, 6.07) is 32.8. The van der Waals surface area contributed by atoms with Gasteiger partial charge in [0.25, 0.3) is 11.1 Å². The molecule has 27 nitrogen and oxygen atoms in total. The van der Waals surface area contributed by atoms with Gasteiger partial charge in [0.05, 0.1) is 47.6 Å². The second-order valence-corrected chi connectivity index (χ2v) is 24.7. The maximum Gasteiger partial charge on any atom is 0.573 e. The number of aliphatic imine (C=N–C) groups is 1. The van der Waals surface area contributed by atoms with Crippen LogP contribution in [0.15, 0.2) is 229 Å². The van der Waals surface area contributed by atoms with Gasteiger partial charge in [0, 0.05) is 79.0 Å². The van der Waals surface area contributed by atoms with Crippen LogP contribution in [0.3, 0.4) is 0 Å². The molecule has 4 unspecified atom stereocenters. The standard InChI is InChI=1S/C15H13F3N2O4.C15H11F3N2O3.C15H9F3N2O3.C9H8F3NO3.C9H10F3NO2.C6H4ClNO2.CH4.Cl2OS.H2/c16-15(17,18)24-11-4-1-9(2-5-11)12(8-21)20-14(23)10-3-6-13(22)19-7-10;2*16-15(17,18)23-11-4-1-9(2-5-11)12-8-22-14(20-12)10-3-6-13(21)19-7-10;10-9(11,12)16-6-3-1-5(2-4-6)7(13)8(14)15;10-9(11,12)15-7-3-1-6(2-4-7)8(13)5-14;7-6(10)4-1-2-5(9)8-3-4;;1-4(2)3;/h1-7,12,21H,8H2,(H,19,22)(H,20,23);1-7,12H,8H2,(H,19,21);1-8H,(H,19,21);1-4,7H,13H2,(H,14,15);1-4,8,14H,5,13H2;1-3H,(H,8,9);1H4;;1H/i;;;;;;;;1+1D. The van der Waals surface area contributed by atoms with E-state index in [1.54, 1.807) is 12.1 Å². The van der Waals surface area contributed by atoms with Crippen LogP contribution >= 0.6 is 33.0 Å². The highest BCUT2D eigenvalue weighted by atomic mass is 36.0. The van der Waals surface area contributed by atoms with Gasteiger partial charge < -0.3 is 84.9 Å². The van der Waals surface area contributed by atoms with Gasteiger partial charge in [0.2, 0.25) is 43.3 Å². The number of nitrogens with one attached hydrogen (secondary N) is 5. The number of amides is 1. The topological polar surface area (TPSA) is 418 Å². The number of carboxylic acids is 1. The molecule has 0 aliphatic carbocycles. The minimum absolute atomic E-state index is 0. The number of nitrogens with two attached hydrogens (primary N) is 2. The Kier molecular flexibility index (Phi) is 36.4. The minimum atomic E-state index is -4.80. The number of H-pyrrole nitrogens is 4. The van der Waals surface area contributed by atoms with Crippen molar-refractivity contribution in [2.24, 2.45) is 16.5 Å². The molecule has 11 rings (SSSR count). The van der Waals surface area contributed by atoms with Crippen LogP contribution in [0.2, 0.25) is 0 Å². The third-order valence-electron chi connectivity index (χ3n) is 13.6. The quantitative estimate of drug-likeness (QED) is 0.0282. The van der Waals surface area contributed by atoms with E-state index < -0.39 is 94.4 Å². The number of benzene rings is 5. The normalized spacial score (nSPS) is 13.1. The van der Waals surface area contributed by atoms with E-state index in [-0.39, 0.29) is 83.2 Å². The SMILES string of the molecule is C.NC(C(=O)O)c1ccc(OC(F)(F)F)cc1.NC(CO)c1ccc(OC(F)(F)F)cc1.O=C(Cl)c1ccc(=O)[nH]c1.O=C(NC(CO)c1ccc(OC(F)(F)F)cc1)c1ccc(=O)[nH]c1.O=S(Cl)Cl.O=c1ccc(-c2nc(-c3ccc(OC(F)(F)F)cc3)co2)c[nH]1.O=c1ccc(C2=NC(c3ccc(OC(F)(F)F)cc3)CO2)c[nH]1.[2H][2H]. The highest BCUT2D eigenvalue weighted by molar-refractivity contribution is 8.26. The second kappa shape index (κ2) is 44.6. The number of aliphatic hydroxyl groups is 2. The molecule has 0 spiro atoms. The molecule has 1 aliphatic heterocycles. The van der Waals surface area contributed by atoms with E-state index in [0.717, 1.165) is 36.4 Å².